The Labute approximate surface area is 91.5 Å². The van der Waals surface area contributed by atoms with E-state index in [2.05, 4.69) is 28.2 Å². The highest BCUT2D eigenvalue weighted by molar-refractivity contribution is 5.08. The lowest BCUT2D eigenvalue weighted by molar-refractivity contribution is 0.256. The molecule has 0 aromatic carbocycles. The van der Waals surface area contributed by atoms with Gasteiger partial charge >= 0.3 is 0 Å². The maximum atomic E-state index is 4.15. The van der Waals surface area contributed by atoms with Gasteiger partial charge in [-0.25, -0.2) is 0 Å². The molecule has 1 aliphatic rings. The summed E-state index contributed by atoms with van der Waals surface area (Å²) in [6.45, 7) is 7.89. The summed E-state index contributed by atoms with van der Waals surface area (Å²) in [5.41, 5.74) is 1.31. The van der Waals surface area contributed by atoms with Crippen molar-refractivity contribution in [2.75, 3.05) is 26.2 Å². The number of hydrogen-bond donors (Lipinski definition) is 1. The van der Waals surface area contributed by atoms with Crippen LogP contribution in [0.5, 0.6) is 0 Å². The van der Waals surface area contributed by atoms with Gasteiger partial charge in [-0.05, 0) is 24.1 Å². The maximum absolute atomic E-state index is 4.15. The van der Waals surface area contributed by atoms with Gasteiger partial charge in [0, 0.05) is 38.6 Å². The van der Waals surface area contributed by atoms with Crippen molar-refractivity contribution in [3.05, 3.63) is 30.1 Å². The van der Waals surface area contributed by atoms with Gasteiger partial charge in [-0.1, -0.05) is 13.0 Å². The van der Waals surface area contributed by atoms with E-state index in [1.807, 2.05) is 18.5 Å². The number of nitrogens with one attached hydrogen (secondary N) is 1. The van der Waals surface area contributed by atoms with Crippen molar-refractivity contribution in [1.82, 2.24) is 15.2 Å². The number of rotatable bonds is 2. The predicted octanol–water partition coefficient (Wildman–Crippen LogP) is 1.12. The normalized spacial score (nSPS) is 23.7. The molecule has 82 valence electrons. The first-order valence-electron chi connectivity index (χ1n) is 5.66. The van der Waals surface area contributed by atoms with Crippen LogP contribution in [0.2, 0.25) is 0 Å². The molecule has 0 amide bonds. The Bertz CT molecular complexity index is 286. The van der Waals surface area contributed by atoms with E-state index in [0.717, 1.165) is 32.1 Å². The minimum Gasteiger partial charge on any atom is -0.315 e. The van der Waals surface area contributed by atoms with E-state index in [-0.39, 0.29) is 0 Å². The zero-order chi connectivity index (χ0) is 10.5. The summed E-state index contributed by atoms with van der Waals surface area (Å²) in [5, 5.41) is 3.46. The molecular weight excluding hydrogens is 186 g/mol. The fraction of sp³-hybridized carbons (Fsp3) is 0.583. The molecule has 3 heteroatoms. The van der Waals surface area contributed by atoms with E-state index in [4.69, 9.17) is 0 Å². The quantitative estimate of drug-likeness (QED) is 0.784. The second-order valence-corrected chi connectivity index (χ2v) is 4.41. The molecule has 3 nitrogen and oxygen atoms in total. The molecule has 1 aliphatic heterocycles. The molecule has 2 rings (SSSR count). The van der Waals surface area contributed by atoms with Crippen LogP contribution in [0.15, 0.2) is 24.5 Å². The van der Waals surface area contributed by atoms with E-state index in [0.29, 0.717) is 0 Å². The highest BCUT2D eigenvalue weighted by Crippen LogP contribution is 2.07. The fourth-order valence-electron chi connectivity index (χ4n) is 2.08. The van der Waals surface area contributed by atoms with Crippen LogP contribution in [0, 0.1) is 5.92 Å². The van der Waals surface area contributed by atoms with Gasteiger partial charge in [-0.3, -0.25) is 9.88 Å². The Morgan fingerprint density at radius 1 is 1.60 bits per heavy atom. The minimum atomic E-state index is 0.740. The number of hydrogen-bond acceptors (Lipinski definition) is 3. The van der Waals surface area contributed by atoms with Gasteiger partial charge in [0.2, 0.25) is 0 Å². The summed E-state index contributed by atoms with van der Waals surface area (Å²) in [5.74, 6) is 0.740. The van der Waals surface area contributed by atoms with Crippen LogP contribution in [0.1, 0.15) is 12.5 Å². The molecule has 1 unspecified atom stereocenters. The van der Waals surface area contributed by atoms with Gasteiger partial charge in [0.25, 0.3) is 0 Å². The van der Waals surface area contributed by atoms with Crippen LogP contribution in [0.25, 0.3) is 0 Å². The van der Waals surface area contributed by atoms with Crippen LogP contribution >= 0.6 is 0 Å². The lowest BCUT2D eigenvalue weighted by Gasteiger charge is -2.21. The molecular formula is C12H19N3. The molecule has 1 atom stereocenters. The maximum Gasteiger partial charge on any atom is 0.0312 e. The summed E-state index contributed by atoms with van der Waals surface area (Å²) in [6.07, 6.45) is 3.79. The van der Waals surface area contributed by atoms with Gasteiger partial charge < -0.3 is 5.32 Å². The summed E-state index contributed by atoms with van der Waals surface area (Å²) in [7, 11) is 0. The highest BCUT2D eigenvalue weighted by Gasteiger charge is 2.13. The van der Waals surface area contributed by atoms with Gasteiger partial charge in [0.15, 0.2) is 0 Å². The van der Waals surface area contributed by atoms with Gasteiger partial charge in [0.05, 0.1) is 0 Å². The monoisotopic (exact) mass is 205 g/mol. The van der Waals surface area contributed by atoms with Crippen LogP contribution in [0.4, 0.5) is 0 Å². The van der Waals surface area contributed by atoms with Crippen molar-refractivity contribution in [3.63, 3.8) is 0 Å². The lowest BCUT2D eigenvalue weighted by atomic mass is 10.1. The van der Waals surface area contributed by atoms with Gasteiger partial charge in [-0.2, -0.15) is 0 Å². The van der Waals surface area contributed by atoms with Crippen molar-refractivity contribution >= 4 is 0 Å². The second kappa shape index (κ2) is 5.24. The zero-order valence-corrected chi connectivity index (χ0v) is 9.32. The standard InChI is InChI=1S/C12H19N3/c1-11-7-14-5-6-15(9-11)10-12-3-2-4-13-8-12/h2-4,8,11,14H,5-7,9-10H2,1H3. The molecule has 1 saturated heterocycles. The lowest BCUT2D eigenvalue weighted by Crippen LogP contribution is -2.28. The molecule has 1 aromatic rings. The largest absolute Gasteiger partial charge is 0.315 e. The number of aromatic nitrogens is 1. The van der Waals surface area contributed by atoms with Crippen molar-refractivity contribution in [1.29, 1.82) is 0 Å². The molecule has 2 heterocycles. The molecule has 1 fully saturated rings. The molecule has 1 N–H and O–H groups in total. The van der Waals surface area contributed by atoms with Crippen molar-refractivity contribution in [3.8, 4) is 0 Å². The second-order valence-electron chi connectivity index (χ2n) is 4.41. The predicted molar refractivity (Wildman–Crippen MR) is 61.5 cm³/mol. The van der Waals surface area contributed by atoms with E-state index >= 15 is 0 Å². The number of nitrogens with zero attached hydrogens (tertiary/aromatic N) is 2. The third-order valence-corrected chi connectivity index (χ3v) is 2.80. The molecule has 0 aliphatic carbocycles. The van der Waals surface area contributed by atoms with E-state index in [1.165, 1.54) is 12.1 Å². The first-order chi connectivity index (χ1) is 7.34. The Kier molecular flexibility index (Phi) is 3.69. The Hall–Kier alpha value is -0.930. The third-order valence-electron chi connectivity index (χ3n) is 2.80. The van der Waals surface area contributed by atoms with Crippen LogP contribution in [0.3, 0.4) is 0 Å². The molecule has 0 saturated carbocycles. The Balaban J connectivity index is 1.93. The molecule has 0 radical (unpaired) electrons. The van der Waals surface area contributed by atoms with Crippen LogP contribution in [-0.4, -0.2) is 36.1 Å². The zero-order valence-electron chi connectivity index (χ0n) is 9.32. The van der Waals surface area contributed by atoms with Crippen LogP contribution in [-0.2, 0) is 6.54 Å². The Morgan fingerprint density at radius 3 is 3.33 bits per heavy atom. The molecule has 0 spiro atoms. The van der Waals surface area contributed by atoms with E-state index in [1.54, 1.807) is 0 Å². The van der Waals surface area contributed by atoms with E-state index < -0.39 is 0 Å². The fourth-order valence-corrected chi connectivity index (χ4v) is 2.08. The molecule has 15 heavy (non-hydrogen) atoms. The van der Waals surface area contributed by atoms with Gasteiger partial charge in [0.1, 0.15) is 0 Å². The smallest absolute Gasteiger partial charge is 0.0312 e. The highest BCUT2D eigenvalue weighted by atomic mass is 15.2. The summed E-state index contributed by atoms with van der Waals surface area (Å²) < 4.78 is 0. The minimum absolute atomic E-state index is 0.740. The van der Waals surface area contributed by atoms with E-state index in [9.17, 15) is 0 Å². The molecule has 1 aromatic heterocycles. The molecule has 0 bridgehead atoms. The average molecular weight is 205 g/mol. The van der Waals surface area contributed by atoms with Crippen molar-refractivity contribution in [2.24, 2.45) is 5.92 Å². The summed E-state index contributed by atoms with van der Waals surface area (Å²) in [4.78, 5) is 6.65. The topological polar surface area (TPSA) is 28.2 Å². The number of pyridine rings is 1. The first kappa shape index (κ1) is 10.6. The Morgan fingerprint density at radius 2 is 2.53 bits per heavy atom. The van der Waals surface area contributed by atoms with Crippen LogP contribution < -0.4 is 5.32 Å². The van der Waals surface area contributed by atoms with Crippen molar-refractivity contribution in [2.45, 2.75) is 13.5 Å². The van der Waals surface area contributed by atoms with Gasteiger partial charge in [-0.15, -0.1) is 0 Å². The third kappa shape index (κ3) is 3.29. The SMILES string of the molecule is CC1CNCCN(Cc2cccnc2)C1. The average Bonchev–Trinajstić information content (AvgIpc) is 2.44. The first-order valence-corrected chi connectivity index (χ1v) is 5.66. The summed E-state index contributed by atoms with van der Waals surface area (Å²) in [6, 6.07) is 4.16. The summed E-state index contributed by atoms with van der Waals surface area (Å²) >= 11 is 0. The van der Waals surface area contributed by atoms with Crippen molar-refractivity contribution < 1.29 is 0 Å².